The second kappa shape index (κ2) is 5.28. The number of hydrogen-bond donors (Lipinski definition) is 2. The summed E-state index contributed by atoms with van der Waals surface area (Å²) in [5, 5.41) is 20.3. The molecule has 0 fully saturated rings. The first kappa shape index (κ1) is 13.6. The van der Waals surface area contributed by atoms with Crippen LogP contribution in [0.1, 0.15) is 11.1 Å². The first-order valence-electron chi connectivity index (χ1n) is 7.43. The maximum absolute atomic E-state index is 10.4. The zero-order valence-electron chi connectivity index (χ0n) is 12.3. The summed E-state index contributed by atoms with van der Waals surface area (Å²) < 4.78 is 0. The third-order valence-corrected chi connectivity index (χ3v) is 3.94. The molecule has 0 saturated heterocycles. The summed E-state index contributed by atoms with van der Waals surface area (Å²) in [6, 6.07) is 14.5. The number of nitrogens with zero attached hydrogens (tertiary/aromatic N) is 3. The number of aliphatic imine (C=N–C) groups is 2. The van der Waals surface area contributed by atoms with E-state index in [9.17, 15) is 10.2 Å². The lowest BCUT2D eigenvalue weighted by atomic mass is 10.1. The summed E-state index contributed by atoms with van der Waals surface area (Å²) in [7, 11) is 0. The molecule has 2 aromatic carbocycles. The third kappa shape index (κ3) is 2.26. The number of amidine groups is 2. The topological polar surface area (TPSA) is 68.4 Å². The molecule has 5 heteroatoms. The molecule has 2 aliphatic rings. The smallest absolute Gasteiger partial charge is 0.138 e. The van der Waals surface area contributed by atoms with Crippen LogP contribution in [0.5, 0.6) is 5.75 Å². The fourth-order valence-corrected chi connectivity index (χ4v) is 2.85. The summed E-state index contributed by atoms with van der Waals surface area (Å²) in [6.45, 7) is 1.43. The second-order valence-electron chi connectivity index (χ2n) is 5.39. The largest absolute Gasteiger partial charge is 0.507 e. The Hall–Kier alpha value is -3.08. The number of aliphatic hydroxyl groups excluding tert-OH is 1. The van der Waals surface area contributed by atoms with E-state index in [2.05, 4.69) is 9.98 Å². The molecule has 0 bridgehead atoms. The quantitative estimate of drug-likeness (QED) is 0.838. The number of hydrogen-bond acceptors (Lipinski definition) is 5. The fraction of sp³-hybridized carbons (Fsp3) is 0.111. The van der Waals surface area contributed by atoms with Gasteiger partial charge in [0.15, 0.2) is 0 Å². The minimum Gasteiger partial charge on any atom is -0.507 e. The summed E-state index contributed by atoms with van der Waals surface area (Å²) >= 11 is 0. The zero-order chi connectivity index (χ0) is 15.8. The van der Waals surface area contributed by atoms with E-state index in [-0.39, 0.29) is 11.5 Å². The molecule has 0 spiro atoms. The Kier molecular flexibility index (Phi) is 3.12. The van der Waals surface area contributed by atoms with Gasteiger partial charge in [-0.25, -0.2) is 4.99 Å². The highest BCUT2D eigenvalue weighted by atomic mass is 16.3. The van der Waals surface area contributed by atoms with Gasteiger partial charge in [-0.15, -0.1) is 0 Å². The molecule has 0 radical (unpaired) electrons. The van der Waals surface area contributed by atoms with Gasteiger partial charge < -0.3 is 15.1 Å². The number of aromatic hydroxyl groups is 1. The van der Waals surface area contributed by atoms with E-state index >= 15 is 0 Å². The van der Waals surface area contributed by atoms with Crippen LogP contribution in [0, 0.1) is 0 Å². The Balaban J connectivity index is 1.80. The van der Waals surface area contributed by atoms with Crippen LogP contribution in [0.3, 0.4) is 0 Å². The van der Waals surface area contributed by atoms with Crippen molar-refractivity contribution in [1.82, 2.24) is 4.90 Å². The average Bonchev–Trinajstić information content (AvgIpc) is 3.05. The molecule has 114 valence electrons. The maximum Gasteiger partial charge on any atom is 0.138 e. The van der Waals surface area contributed by atoms with E-state index in [1.807, 2.05) is 29.2 Å². The number of rotatable bonds is 2. The van der Waals surface area contributed by atoms with Gasteiger partial charge in [-0.1, -0.05) is 24.3 Å². The van der Waals surface area contributed by atoms with Crippen LogP contribution in [-0.4, -0.2) is 39.9 Å². The number of phenols is 1. The van der Waals surface area contributed by atoms with Gasteiger partial charge in [-0.2, -0.15) is 0 Å². The van der Waals surface area contributed by atoms with E-state index in [0.29, 0.717) is 17.9 Å². The average molecular weight is 305 g/mol. The molecule has 0 atom stereocenters. The standard InChI is InChI=1S/C18H15N3O2/c22-15-8-4-2-6-13(15)16(23)11-17-20-14-7-3-1-5-12(14)18-19-9-10-21(17)18/h1-8,11,22-23H,9-10H2/b16-11-. The van der Waals surface area contributed by atoms with Crippen LogP contribution in [0.15, 0.2) is 64.6 Å². The highest BCUT2D eigenvalue weighted by Gasteiger charge is 2.28. The molecule has 23 heavy (non-hydrogen) atoms. The highest BCUT2D eigenvalue weighted by molar-refractivity contribution is 6.19. The van der Waals surface area contributed by atoms with Crippen molar-refractivity contribution >= 4 is 23.1 Å². The minimum absolute atomic E-state index is 0.0209. The molecule has 0 unspecified atom stereocenters. The van der Waals surface area contributed by atoms with Gasteiger partial charge >= 0.3 is 0 Å². The molecule has 0 amide bonds. The fourth-order valence-electron chi connectivity index (χ4n) is 2.85. The van der Waals surface area contributed by atoms with Gasteiger partial charge in [0.05, 0.1) is 17.8 Å². The van der Waals surface area contributed by atoms with Gasteiger partial charge in [-0.3, -0.25) is 4.99 Å². The summed E-state index contributed by atoms with van der Waals surface area (Å²) in [4.78, 5) is 11.2. The monoisotopic (exact) mass is 305 g/mol. The van der Waals surface area contributed by atoms with Crippen LogP contribution in [-0.2, 0) is 0 Å². The molecule has 5 nitrogen and oxygen atoms in total. The number of aliphatic hydroxyl groups is 1. The molecule has 2 heterocycles. The lowest BCUT2D eigenvalue weighted by molar-refractivity contribution is 0.460. The third-order valence-electron chi connectivity index (χ3n) is 3.94. The Morgan fingerprint density at radius 2 is 1.87 bits per heavy atom. The van der Waals surface area contributed by atoms with Gasteiger partial charge in [0.2, 0.25) is 0 Å². The normalized spacial score (nSPS) is 16.5. The van der Waals surface area contributed by atoms with E-state index in [4.69, 9.17) is 0 Å². The molecule has 2 aromatic rings. The van der Waals surface area contributed by atoms with Gasteiger partial charge in [0.1, 0.15) is 23.2 Å². The molecule has 0 aliphatic carbocycles. The predicted octanol–water partition coefficient (Wildman–Crippen LogP) is 3.10. The number of phenolic OH excluding ortho intramolecular Hbond substituents is 1. The first-order valence-corrected chi connectivity index (χ1v) is 7.43. The Morgan fingerprint density at radius 1 is 1.09 bits per heavy atom. The molecular formula is C18H15N3O2. The minimum atomic E-state index is -0.0209. The van der Waals surface area contributed by atoms with Gasteiger partial charge in [0, 0.05) is 18.2 Å². The van der Waals surface area contributed by atoms with Crippen molar-refractivity contribution in [2.75, 3.05) is 13.1 Å². The molecule has 2 aliphatic heterocycles. The van der Waals surface area contributed by atoms with Crippen molar-refractivity contribution in [3.63, 3.8) is 0 Å². The number of para-hydroxylation sites is 2. The first-order chi connectivity index (χ1) is 11.2. The molecule has 0 aromatic heterocycles. The van der Waals surface area contributed by atoms with Crippen molar-refractivity contribution in [2.45, 2.75) is 0 Å². The van der Waals surface area contributed by atoms with Gasteiger partial charge in [0.25, 0.3) is 0 Å². The highest BCUT2D eigenvalue weighted by Crippen LogP contribution is 2.30. The summed E-state index contributed by atoms with van der Waals surface area (Å²) in [6.07, 6.45) is 1.58. The van der Waals surface area contributed by atoms with E-state index < -0.39 is 0 Å². The van der Waals surface area contributed by atoms with Crippen LogP contribution in [0.2, 0.25) is 0 Å². The Bertz CT molecular complexity index is 868. The molecular weight excluding hydrogens is 290 g/mol. The predicted molar refractivity (Wildman–Crippen MR) is 90.4 cm³/mol. The summed E-state index contributed by atoms with van der Waals surface area (Å²) in [5.41, 5.74) is 2.22. The van der Waals surface area contributed by atoms with Crippen molar-refractivity contribution < 1.29 is 10.2 Å². The van der Waals surface area contributed by atoms with Crippen LogP contribution in [0.25, 0.3) is 5.76 Å². The molecule has 2 N–H and O–H groups in total. The second-order valence-corrected chi connectivity index (χ2v) is 5.39. The lowest BCUT2D eigenvalue weighted by Gasteiger charge is -2.26. The lowest BCUT2D eigenvalue weighted by Crippen LogP contribution is -2.36. The van der Waals surface area contributed by atoms with Crippen molar-refractivity contribution in [2.24, 2.45) is 9.98 Å². The number of benzene rings is 2. The van der Waals surface area contributed by atoms with Gasteiger partial charge in [-0.05, 0) is 24.3 Å². The van der Waals surface area contributed by atoms with Crippen LogP contribution < -0.4 is 0 Å². The van der Waals surface area contributed by atoms with E-state index in [1.54, 1.807) is 30.3 Å². The Morgan fingerprint density at radius 3 is 2.74 bits per heavy atom. The molecule has 4 rings (SSSR count). The zero-order valence-corrected chi connectivity index (χ0v) is 12.3. The van der Waals surface area contributed by atoms with Crippen molar-refractivity contribution in [3.8, 4) is 5.75 Å². The van der Waals surface area contributed by atoms with E-state index in [1.165, 1.54) is 0 Å². The SMILES string of the molecule is O/C(=C\C1=Nc2ccccc2C2=NCCN12)c1ccccc1O. The van der Waals surface area contributed by atoms with Crippen LogP contribution >= 0.6 is 0 Å². The van der Waals surface area contributed by atoms with Crippen molar-refractivity contribution in [3.05, 3.63) is 65.7 Å². The number of fused-ring (bicyclic) bond motifs is 3. The van der Waals surface area contributed by atoms with Crippen molar-refractivity contribution in [1.29, 1.82) is 0 Å². The van der Waals surface area contributed by atoms with E-state index in [0.717, 1.165) is 23.6 Å². The maximum atomic E-state index is 10.4. The summed E-state index contributed by atoms with van der Waals surface area (Å²) in [5.74, 6) is 1.52. The Labute approximate surface area is 133 Å². The van der Waals surface area contributed by atoms with Crippen LogP contribution in [0.4, 0.5) is 5.69 Å². The molecule has 0 saturated carbocycles.